The van der Waals surface area contributed by atoms with Crippen LogP contribution in [0.5, 0.6) is 0 Å². The summed E-state index contributed by atoms with van der Waals surface area (Å²) in [5.41, 5.74) is 5.39. The molecule has 2 fully saturated rings. The molecule has 0 radical (unpaired) electrons. The minimum absolute atomic E-state index is 0.0367. The van der Waals surface area contributed by atoms with Gasteiger partial charge in [0.15, 0.2) is 22.4 Å². The molecule has 5 rings (SSSR count). The molecular formula is C21H19N7O8S. The number of anilines is 2. The summed E-state index contributed by atoms with van der Waals surface area (Å²) in [6.07, 6.45) is 1.59. The zero-order chi connectivity index (χ0) is 26.4. The highest BCUT2D eigenvalue weighted by atomic mass is 32.1. The van der Waals surface area contributed by atoms with Crippen molar-refractivity contribution in [1.82, 2.24) is 20.4 Å². The molecule has 192 valence electrons. The van der Waals surface area contributed by atoms with Crippen molar-refractivity contribution in [2.45, 2.75) is 31.5 Å². The maximum Gasteiger partial charge on any atom is 0.356 e. The molecule has 3 aliphatic rings. The molecule has 16 heteroatoms. The summed E-state index contributed by atoms with van der Waals surface area (Å²) in [5.74, 6) is -2.74. The molecule has 0 bridgehead atoms. The number of β-lactam (4-membered cyclic amide) rings is 1. The lowest BCUT2D eigenvalue weighted by atomic mass is 9.92. The van der Waals surface area contributed by atoms with E-state index in [1.165, 1.54) is 16.4 Å². The number of carbonyl (C=O) groups is 4. The van der Waals surface area contributed by atoms with Crippen molar-refractivity contribution in [2.75, 3.05) is 23.8 Å². The van der Waals surface area contributed by atoms with Crippen LogP contribution in [0.2, 0.25) is 0 Å². The number of nitrogens with zero attached hydrogens (tertiary/aromatic N) is 5. The third kappa shape index (κ3) is 4.10. The average Bonchev–Trinajstić information content (AvgIpc) is 3.58. The first-order valence-corrected chi connectivity index (χ1v) is 11.8. The number of aryl methyl sites for hydroxylation is 1. The smallest absolute Gasteiger partial charge is 0.356 e. The van der Waals surface area contributed by atoms with Crippen molar-refractivity contribution in [3.63, 3.8) is 0 Å². The number of aromatic nitrogens is 2. The molecule has 0 spiro atoms. The lowest BCUT2D eigenvalue weighted by Crippen LogP contribution is -2.73. The van der Waals surface area contributed by atoms with Gasteiger partial charge in [-0.2, -0.15) is 0 Å². The fraction of sp³-hybridized carbons (Fsp3) is 0.333. The Morgan fingerprint density at radius 3 is 2.81 bits per heavy atom. The van der Waals surface area contributed by atoms with E-state index in [9.17, 15) is 29.2 Å². The van der Waals surface area contributed by atoms with Crippen LogP contribution in [0.4, 0.5) is 10.9 Å². The Hall–Kier alpha value is -4.60. The third-order valence-electron chi connectivity index (χ3n) is 6.10. The molecule has 0 aromatic carbocycles. The molecular weight excluding hydrogens is 510 g/mol. The van der Waals surface area contributed by atoms with Crippen LogP contribution in [0.15, 0.2) is 44.3 Å². The number of rotatable bonds is 7. The van der Waals surface area contributed by atoms with Crippen LogP contribution in [0, 0.1) is 11.8 Å². The molecule has 4 N–H and O–H groups in total. The van der Waals surface area contributed by atoms with Gasteiger partial charge < -0.3 is 25.4 Å². The van der Waals surface area contributed by atoms with E-state index in [4.69, 9.17) is 15.0 Å². The predicted octanol–water partition coefficient (Wildman–Crippen LogP) is 0.215. The second kappa shape index (κ2) is 9.12. The highest BCUT2D eigenvalue weighted by Gasteiger charge is 2.55. The van der Waals surface area contributed by atoms with E-state index in [1.54, 1.807) is 13.0 Å². The van der Waals surface area contributed by atoms with Gasteiger partial charge in [0.2, 0.25) is 6.04 Å². The van der Waals surface area contributed by atoms with Gasteiger partial charge in [-0.25, -0.2) is 9.78 Å². The normalized spacial score (nSPS) is 23.0. The van der Waals surface area contributed by atoms with Crippen LogP contribution in [-0.2, 0) is 23.9 Å². The van der Waals surface area contributed by atoms with Gasteiger partial charge in [-0.05, 0) is 24.6 Å². The van der Waals surface area contributed by atoms with Gasteiger partial charge in [-0.1, -0.05) is 5.16 Å². The first-order valence-electron chi connectivity index (χ1n) is 10.9. The maximum absolute atomic E-state index is 12.9. The summed E-state index contributed by atoms with van der Waals surface area (Å²) in [6.45, 7) is 1.84. The van der Waals surface area contributed by atoms with Gasteiger partial charge in [0, 0.05) is 23.6 Å². The van der Waals surface area contributed by atoms with Crippen LogP contribution in [0.1, 0.15) is 23.9 Å². The maximum atomic E-state index is 12.9. The second-order valence-corrected chi connectivity index (χ2v) is 9.27. The number of fused-ring (bicyclic) bond motifs is 1. The third-order valence-corrected chi connectivity index (χ3v) is 6.79. The van der Waals surface area contributed by atoms with Gasteiger partial charge in [0.1, 0.15) is 24.5 Å². The number of carboxylic acids is 1. The molecule has 3 aliphatic heterocycles. The van der Waals surface area contributed by atoms with E-state index >= 15 is 0 Å². The number of allylic oxidation sites excluding steroid dienone is 1. The standard InChI is InChI=1S/C21H19N7O8S/c1-8-4-13(26-36-8)27-3-2-9(18(27)30)5-12-16(20(32)33)28-11(6-35-12)15(19(28)31)24-17(29)14(25-34)10-7-37-21(22)23-10/h4-5,7,11,14-15H,2-3,6H2,1H3,(H2,22,23)(H,24,29)(H,32,33)/t11-,14?,15+/m1/s1. The van der Waals surface area contributed by atoms with Gasteiger partial charge in [0.25, 0.3) is 17.7 Å². The van der Waals surface area contributed by atoms with Crippen molar-refractivity contribution in [3.8, 4) is 0 Å². The van der Waals surface area contributed by atoms with Crippen molar-refractivity contribution in [2.24, 2.45) is 5.18 Å². The van der Waals surface area contributed by atoms with E-state index in [1.807, 2.05) is 0 Å². The topological polar surface area (TPSA) is 211 Å². The molecule has 37 heavy (non-hydrogen) atoms. The molecule has 2 saturated heterocycles. The first-order chi connectivity index (χ1) is 17.7. The Bertz CT molecular complexity index is 1390. The highest BCUT2D eigenvalue weighted by molar-refractivity contribution is 7.13. The fourth-order valence-corrected chi connectivity index (χ4v) is 4.91. The number of aliphatic carboxylic acids is 1. The monoisotopic (exact) mass is 529 g/mol. The summed E-state index contributed by atoms with van der Waals surface area (Å²) < 4.78 is 10.6. The number of nitrogen functional groups attached to an aromatic ring is 1. The van der Waals surface area contributed by atoms with Crippen molar-refractivity contribution in [3.05, 3.63) is 50.9 Å². The summed E-state index contributed by atoms with van der Waals surface area (Å²) in [6, 6.07) is -1.91. The Morgan fingerprint density at radius 1 is 1.41 bits per heavy atom. The number of nitrogens with two attached hydrogens (primary N) is 1. The lowest BCUT2D eigenvalue weighted by molar-refractivity contribution is -0.160. The van der Waals surface area contributed by atoms with Gasteiger partial charge in [-0.3, -0.25) is 24.2 Å². The van der Waals surface area contributed by atoms with E-state index in [2.05, 4.69) is 20.6 Å². The number of hydrogen-bond acceptors (Lipinski definition) is 12. The lowest BCUT2D eigenvalue weighted by Gasteiger charge is -2.49. The molecule has 2 aromatic heterocycles. The molecule has 2 aromatic rings. The summed E-state index contributed by atoms with van der Waals surface area (Å²) in [4.78, 5) is 67.9. The van der Waals surface area contributed by atoms with Crippen LogP contribution in [-0.4, -0.2) is 69.1 Å². The van der Waals surface area contributed by atoms with Gasteiger partial charge in [0.05, 0.1) is 5.69 Å². The number of thiazole rings is 1. The number of carbonyl (C=O) groups excluding carboxylic acids is 3. The van der Waals surface area contributed by atoms with Gasteiger partial charge in [-0.15, -0.1) is 16.2 Å². The molecule has 3 amide bonds. The average molecular weight is 529 g/mol. The Kier molecular flexibility index (Phi) is 5.94. The molecule has 15 nitrogen and oxygen atoms in total. The van der Waals surface area contributed by atoms with Crippen LogP contribution < -0.4 is 16.0 Å². The largest absolute Gasteiger partial charge is 0.489 e. The van der Waals surface area contributed by atoms with Crippen LogP contribution in [0.3, 0.4) is 0 Å². The van der Waals surface area contributed by atoms with Gasteiger partial charge >= 0.3 is 5.97 Å². The number of nitroso groups, excluding NO2 is 1. The van der Waals surface area contributed by atoms with E-state index in [0.717, 1.165) is 16.2 Å². The summed E-state index contributed by atoms with van der Waals surface area (Å²) >= 11 is 1.02. The number of ether oxygens (including phenoxy) is 1. The first kappa shape index (κ1) is 24.1. The van der Waals surface area contributed by atoms with Crippen molar-refractivity contribution in [1.29, 1.82) is 0 Å². The number of nitrogens with one attached hydrogen (secondary N) is 1. The quantitative estimate of drug-likeness (QED) is 0.251. The van der Waals surface area contributed by atoms with Crippen molar-refractivity contribution >= 4 is 46.0 Å². The molecule has 0 aliphatic carbocycles. The predicted molar refractivity (Wildman–Crippen MR) is 125 cm³/mol. The SMILES string of the molecule is Cc1cc(N2CCC(=CC3=C(C(=O)O)N4C(=O)[C@@H](NC(=O)C(N=O)c5csc(N)n5)[C@H]4CO3)C2=O)no1. The number of hydrogen-bond donors (Lipinski definition) is 3. The Morgan fingerprint density at radius 2 is 2.19 bits per heavy atom. The van der Waals surface area contributed by atoms with Crippen molar-refractivity contribution < 1.29 is 33.5 Å². The minimum Gasteiger partial charge on any atom is -0.489 e. The summed E-state index contributed by atoms with van der Waals surface area (Å²) in [5, 5.41) is 20.4. The Labute approximate surface area is 211 Å². The molecule has 3 atom stereocenters. The van der Waals surface area contributed by atoms with E-state index < -0.39 is 47.5 Å². The fourth-order valence-electron chi connectivity index (χ4n) is 4.33. The van der Waals surface area contributed by atoms with Crippen LogP contribution >= 0.6 is 11.3 Å². The molecule has 0 saturated carbocycles. The zero-order valence-electron chi connectivity index (χ0n) is 19.1. The second-order valence-electron chi connectivity index (χ2n) is 8.38. The summed E-state index contributed by atoms with van der Waals surface area (Å²) in [7, 11) is 0. The number of carboxylic acid groups (broad SMARTS) is 1. The Balaban J connectivity index is 1.34. The molecule has 1 unspecified atom stereocenters. The minimum atomic E-state index is -1.53. The zero-order valence-corrected chi connectivity index (χ0v) is 19.9. The number of amides is 3. The van der Waals surface area contributed by atoms with Crippen LogP contribution in [0.25, 0.3) is 0 Å². The molecule has 5 heterocycles. The highest BCUT2D eigenvalue weighted by Crippen LogP contribution is 2.35. The van der Waals surface area contributed by atoms with E-state index in [-0.39, 0.29) is 28.8 Å². The van der Waals surface area contributed by atoms with E-state index in [0.29, 0.717) is 24.5 Å².